The van der Waals surface area contributed by atoms with Gasteiger partial charge >= 0.3 is 5.97 Å². The minimum absolute atomic E-state index is 0.0479. The number of benzene rings is 3. The summed E-state index contributed by atoms with van der Waals surface area (Å²) in [4.78, 5) is 26.5. The number of halogens is 1. The third-order valence-corrected chi connectivity index (χ3v) is 7.87. The Bertz CT molecular complexity index is 1530. The van der Waals surface area contributed by atoms with Crippen LogP contribution >= 0.6 is 23.4 Å². The van der Waals surface area contributed by atoms with E-state index in [1.165, 1.54) is 11.8 Å². The van der Waals surface area contributed by atoms with Crippen LogP contribution in [0.3, 0.4) is 0 Å². The molecule has 1 amide bonds. The van der Waals surface area contributed by atoms with E-state index in [1.54, 1.807) is 25.1 Å². The van der Waals surface area contributed by atoms with Crippen molar-refractivity contribution in [3.8, 4) is 6.07 Å². The van der Waals surface area contributed by atoms with Gasteiger partial charge in [0.25, 0.3) is 0 Å². The summed E-state index contributed by atoms with van der Waals surface area (Å²) in [7, 11) is 0. The molecule has 1 heterocycles. The largest absolute Gasteiger partial charge is 0.463 e. The van der Waals surface area contributed by atoms with Gasteiger partial charge in [0.2, 0.25) is 5.91 Å². The van der Waals surface area contributed by atoms with Crippen LogP contribution in [0.4, 0.5) is 5.69 Å². The summed E-state index contributed by atoms with van der Waals surface area (Å²) in [5.41, 5.74) is 6.31. The maximum atomic E-state index is 13.4. The van der Waals surface area contributed by atoms with Crippen molar-refractivity contribution >= 4 is 46.6 Å². The number of nitrogens with zero attached hydrogens (tertiary/aromatic N) is 1. The molecular weight excluding hydrogens is 542 g/mol. The standard InChI is InChI=1S/C32H30ClN3O3S/c1-5-39-32(38)28-27(23-13-9-10-14-25(23)33)24(17-34)31(36-30(28)22-11-7-6-8-12-22)40-18-26(37)35-29-20(3)15-19(2)16-21(29)4/h6-16,27,36H,5,18H2,1-4H3,(H,35,37)/t27-/m1/s1. The normalized spacial score (nSPS) is 14.8. The zero-order valence-electron chi connectivity index (χ0n) is 22.8. The molecule has 8 heteroatoms. The number of allylic oxidation sites excluding steroid dienone is 1. The Labute approximate surface area is 244 Å². The summed E-state index contributed by atoms with van der Waals surface area (Å²) < 4.78 is 5.47. The topological polar surface area (TPSA) is 91.2 Å². The molecule has 2 N–H and O–H groups in total. The third-order valence-electron chi connectivity index (χ3n) is 6.51. The highest BCUT2D eigenvalue weighted by atomic mass is 35.5. The molecule has 204 valence electrons. The second kappa shape index (κ2) is 12.9. The Hall–Kier alpha value is -3.99. The van der Waals surface area contributed by atoms with Gasteiger partial charge < -0.3 is 15.4 Å². The zero-order valence-corrected chi connectivity index (χ0v) is 24.4. The molecule has 0 bridgehead atoms. The van der Waals surface area contributed by atoms with Crippen molar-refractivity contribution in [3.05, 3.63) is 116 Å². The summed E-state index contributed by atoms with van der Waals surface area (Å²) in [6.07, 6.45) is 0. The minimum atomic E-state index is -0.790. The van der Waals surface area contributed by atoms with E-state index in [4.69, 9.17) is 16.3 Å². The van der Waals surface area contributed by atoms with Crippen LogP contribution in [0.2, 0.25) is 5.02 Å². The van der Waals surface area contributed by atoms with E-state index in [-0.39, 0.29) is 29.4 Å². The van der Waals surface area contributed by atoms with Gasteiger partial charge in [-0.1, -0.05) is 89.6 Å². The molecule has 3 aromatic carbocycles. The van der Waals surface area contributed by atoms with E-state index in [0.717, 1.165) is 27.9 Å². The Morgan fingerprint density at radius 2 is 1.70 bits per heavy atom. The number of hydrogen-bond donors (Lipinski definition) is 2. The van der Waals surface area contributed by atoms with Crippen molar-refractivity contribution in [1.29, 1.82) is 5.26 Å². The van der Waals surface area contributed by atoms with E-state index in [0.29, 0.717) is 21.3 Å². The lowest BCUT2D eigenvalue weighted by molar-refractivity contribution is -0.138. The Morgan fingerprint density at radius 3 is 2.33 bits per heavy atom. The van der Waals surface area contributed by atoms with Crippen LogP contribution in [0.15, 0.2) is 82.9 Å². The van der Waals surface area contributed by atoms with Crippen molar-refractivity contribution in [2.24, 2.45) is 0 Å². The summed E-state index contributed by atoms with van der Waals surface area (Å²) in [6, 6.07) is 22.8. The van der Waals surface area contributed by atoms with E-state index in [2.05, 4.69) is 16.7 Å². The Morgan fingerprint density at radius 1 is 1.05 bits per heavy atom. The van der Waals surface area contributed by atoms with Crippen molar-refractivity contribution in [1.82, 2.24) is 5.32 Å². The summed E-state index contributed by atoms with van der Waals surface area (Å²) >= 11 is 7.84. The first-order chi connectivity index (χ1) is 19.2. The van der Waals surface area contributed by atoms with Gasteiger partial charge in [-0.15, -0.1) is 0 Å². The lowest BCUT2D eigenvalue weighted by Gasteiger charge is -2.31. The number of anilines is 1. The summed E-state index contributed by atoms with van der Waals surface area (Å²) in [6.45, 7) is 7.85. The second-order valence-corrected chi connectivity index (χ2v) is 10.8. The molecule has 0 radical (unpaired) electrons. The van der Waals surface area contributed by atoms with E-state index in [1.807, 2.05) is 69.3 Å². The molecular formula is C32H30ClN3O3S. The van der Waals surface area contributed by atoms with Gasteiger partial charge in [-0.05, 0) is 56.0 Å². The molecule has 0 aromatic heterocycles. The maximum Gasteiger partial charge on any atom is 0.337 e. The lowest BCUT2D eigenvalue weighted by Crippen LogP contribution is -2.30. The van der Waals surface area contributed by atoms with Crippen molar-refractivity contribution in [3.63, 3.8) is 0 Å². The molecule has 1 atom stereocenters. The molecule has 3 aromatic rings. The highest BCUT2D eigenvalue weighted by Crippen LogP contribution is 2.45. The number of nitrogens with one attached hydrogen (secondary N) is 2. The molecule has 4 rings (SSSR count). The van der Waals surface area contributed by atoms with Gasteiger partial charge in [-0.2, -0.15) is 5.26 Å². The molecule has 0 saturated heterocycles. The van der Waals surface area contributed by atoms with Gasteiger partial charge in [0.05, 0.1) is 46.2 Å². The number of thioether (sulfide) groups is 1. The van der Waals surface area contributed by atoms with Crippen LogP contribution in [0.5, 0.6) is 0 Å². The van der Waals surface area contributed by atoms with Gasteiger partial charge in [0.1, 0.15) is 0 Å². The molecule has 1 aliphatic heterocycles. The highest BCUT2D eigenvalue weighted by Gasteiger charge is 2.38. The number of amides is 1. The number of aryl methyl sites for hydroxylation is 3. The van der Waals surface area contributed by atoms with Gasteiger partial charge in [0.15, 0.2) is 0 Å². The van der Waals surface area contributed by atoms with Gasteiger partial charge in [-0.25, -0.2) is 4.79 Å². The first kappa shape index (κ1) is 29.0. The van der Waals surface area contributed by atoms with Crippen LogP contribution in [0, 0.1) is 32.1 Å². The smallest absolute Gasteiger partial charge is 0.337 e. The minimum Gasteiger partial charge on any atom is -0.463 e. The Kier molecular flexibility index (Phi) is 9.36. The fraction of sp³-hybridized carbons (Fsp3) is 0.219. The quantitative estimate of drug-likeness (QED) is 0.282. The first-order valence-corrected chi connectivity index (χ1v) is 14.2. The molecule has 0 aliphatic carbocycles. The van der Waals surface area contributed by atoms with Crippen LogP contribution < -0.4 is 10.6 Å². The van der Waals surface area contributed by atoms with Gasteiger partial charge in [0, 0.05) is 10.7 Å². The van der Waals surface area contributed by atoms with E-state index in [9.17, 15) is 14.9 Å². The monoisotopic (exact) mass is 571 g/mol. The van der Waals surface area contributed by atoms with Crippen LogP contribution in [-0.2, 0) is 14.3 Å². The highest BCUT2D eigenvalue weighted by molar-refractivity contribution is 8.03. The Balaban J connectivity index is 1.77. The summed E-state index contributed by atoms with van der Waals surface area (Å²) in [5.74, 6) is -1.49. The molecule has 6 nitrogen and oxygen atoms in total. The summed E-state index contributed by atoms with van der Waals surface area (Å²) in [5, 5.41) is 17.6. The predicted octanol–water partition coefficient (Wildman–Crippen LogP) is 7.03. The molecule has 0 unspecified atom stereocenters. The molecule has 0 spiro atoms. The van der Waals surface area contributed by atoms with Crippen molar-refractivity contribution < 1.29 is 14.3 Å². The van der Waals surface area contributed by atoms with Crippen molar-refractivity contribution in [2.45, 2.75) is 33.6 Å². The average Bonchev–Trinajstić information content (AvgIpc) is 2.93. The van der Waals surface area contributed by atoms with Crippen LogP contribution in [0.1, 0.15) is 40.7 Å². The maximum absolute atomic E-state index is 13.4. The van der Waals surface area contributed by atoms with E-state index < -0.39 is 11.9 Å². The number of rotatable bonds is 8. The fourth-order valence-corrected chi connectivity index (χ4v) is 5.95. The number of nitriles is 1. The number of ether oxygens (including phenoxy) is 1. The number of esters is 1. The van der Waals surface area contributed by atoms with Gasteiger partial charge in [-0.3, -0.25) is 4.79 Å². The SMILES string of the molecule is CCOC(=O)C1=C(c2ccccc2)NC(SCC(=O)Nc2c(C)cc(C)cc2C)=C(C#N)[C@H]1c1ccccc1Cl. The average molecular weight is 572 g/mol. The molecule has 40 heavy (non-hydrogen) atoms. The predicted molar refractivity (Wildman–Crippen MR) is 162 cm³/mol. The molecule has 0 saturated carbocycles. The third kappa shape index (κ3) is 6.25. The van der Waals surface area contributed by atoms with Crippen LogP contribution in [-0.4, -0.2) is 24.2 Å². The number of carbonyl (C=O) groups is 2. The second-order valence-electron chi connectivity index (χ2n) is 9.42. The van der Waals surface area contributed by atoms with E-state index >= 15 is 0 Å². The lowest BCUT2D eigenvalue weighted by atomic mass is 9.81. The number of carbonyl (C=O) groups excluding carboxylic acids is 2. The zero-order chi connectivity index (χ0) is 28.8. The number of dihydropyridines is 1. The molecule has 0 fully saturated rings. The number of hydrogen-bond acceptors (Lipinski definition) is 6. The molecule has 1 aliphatic rings. The van der Waals surface area contributed by atoms with Crippen LogP contribution in [0.25, 0.3) is 5.70 Å². The first-order valence-electron chi connectivity index (χ1n) is 12.9. The fourth-order valence-electron chi connectivity index (χ4n) is 4.87. The van der Waals surface area contributed by atoms with Crippen molar-refractivity contribution in [2.75, 3.05) is 17.7 Å².